The lowest BCUT2D eigenvalue weighted by Crippen LogP contribution is -2.45. The number of aliphatic hydroxyl groups is 1. The maximum absolute atomic E-state index is 12.7. The number of aliphatic hydroxyl groups excluding tert-OH is 1. The van der Waals surface area contributed by atoms with Crippen molar-refractivity contribution in [2.75, 3.05) is 13.2 Å². The van der Waals surface area contributed by atoms with Gasteiger partial charge in [0.1, 0.15) is 0 Å². The molecule has 1 aliphatic heterocycles. The van der Waals surface area contributed by atoms with E-state index in [2.05, 4.69) is 10.1 Å². The first kappa shape index (κ1) is 14.0. The van der Waals surface area contributed by atoms with Crippen LogP contribution in [0.4, 0.5) is 0 Å². The predicted octanol–water partition coefficient (Wildman–Crippen LogP) is 1.26. The number of amides is 1. The lowest BCUT2D eigenvalue weighted by Gasteiger charge is -2.34. The summed E-state index contributed by atoms with van der Waals surface area (Å²) in [5.74, 6) is -0.0496. The van der Waals surface area contributed by atoms with Crippen molar-refractivity contribution in [3.8, 4) is 0 Å². The van der Waals surface area contributed by atoms with Gasteiger partial charge in [-0.15, -0.1) is 0 Å². The molecule has 1 saturated heterocycles. The van der Waals surface area contributed by atoms with E-state index >= 15 is 0 Å². The number of fused-ring (bicyclic) bond motifs is 1. The number of hydrogen-bond acceptors (Lipinski definition) is 4. The fraction of sp³-hybridized carbons (Fsp3) is 0.533. The highest BCUT2D eigenvalue weighted by atomic mass is 16.3. The number of pyridine rings is 1. The minimum Gasteiger partial charge on any atom is -0.394 e. The first-order chi connectivity index (χ1) is 10.1. The van der Waals surface area contributed by atoms with Crippen LogP contribution in [-0.4, -0.2) is 49.9 Å². The van der Waals surface area contributed by atoms with Crippen LogP contribution in [0.1, 0.15) is 35.3 Å². The molecule has 0 bridgehead atoms. The molecule has 1 N–H and O–H groups in total. The third-order valence-electron chi connectivity index (χ3n) is 4.21. The van der Waals surface area contributed by atoms with Gasteiger partial charge in [-0.1, -0.05) is 0 Å². The van der Waals surface area contributed by atoms with E-state index in [4.69, 9.17) is 0 Å². The minimum atomic E-state index is -0.0723. The fourth-order valence-corrected chi connectivity index (χ4v) is 3.05. The molecule has 6 heteroatoms. The first-order valence-electron chi connectivity index (χ1n) is 7.33. The van der Waals surface area contributed by atoms with Crippen LogP contribution in [0.5, 0.6) is 0 Å². The summed E-state index contributed by atoms with van der Waals surface area (Å²) in [7, 11) is 1.84. The van der Waals surface area contributed by atoms with E-state index in [9.17, 15) is 9.90 Å². The van der Waals surface area contributed by atoms with Crippen molar-refractivity contribution >= 4 is 16.9 Å². The Morgan fingerprint density at radius 1 is 1.48 bits per heavy atom. The van der Waals surface area contributed by atoms with Crippen molar-refractivity contribution in [3.05, 3.63) is 23.5 Å². The molecule has 1 unspecified atom stereocenters. The number of likely N-dealkylation sites (tertiary alicyclic amines) is 1. The summed E-state index contributed by atoms with van der Waals surface area (Å²) in [5, 5.41) is 14.7. The molecular formula is C15H20N4O2. The zero-order chi connectivity index (χ0) is 15.0. The molecule has 3 heterocycles. The number of carbonyl (C=O) groups is 1. The number of carbonyl (C=O) groups excluding carboxylic acids is 1. The Hall–Kier alpha value is -1.95. The van der Waals surface area contributed by atoms with E-state index in [1.807, 2.05) is 20.0 Å². The normalized spacial score (nSPS) is 19.2. The molecule has 2 aromatic heterocycles. The van der Waals surface area contributed by atoms with Crippen LogP contribution in [0, 0.1) is 6.92 Å². The first-order valence-corrected chi connectivity index (χ1v) is 7.33. The van der Waals surface area contributed by atoms with Crippen molar-refractivity contribution in [1.29, 1.82) is 0 Å². The predicted molar refractivity (Wildman–Crippen MR) is 79.0 cm³/mol. The summed E-state index contributed by atoms with van der Waals surface area (Å²) in [6, 6.07) is 1.78. The van der Waals surface area contributed by atoms with Gasteiger partial charge in [-0.05, 0) is 32.3 Å². The van der Waals surface area contributed by atoms with E-state index in [-0.39, 0.29) is 18.6 Å². The zero-order valence-electron chi connectivity index (χ0n) is 12.4. The molecule has 0 aromatic carbocycles. The second-order valence-corrected chi connectivity index (χ2v) is 5.63. The number of aryl methyl sites for hydroxylation is 2. The second kappa shape index (κ2) is 5.44. The molecular weight excluding hydrogens is 268 g/mol. The van der Waals surface area contributed by atoms with E-state index in [1.54, 1.807) is 15.8 Å². The van der Waals surface area contributed by atoms with Gasteiger partial charge >= 0.3 is 0 Å². The molecule has 2 aromatic rings. The Balaban J connectivity index is 1.95. The van der Waals surface area contributed by atoms with Crippen molar-refractivity contribution in [2.45, 2.75) is 32.2 Å². The number of hydrogen-bond donors (Lipinski definition) is 1. The van der Waals surface area contributed by atoms with E-state index < -0.39 is 0 Å². The Bertz CT molecular complexity index is 680. The minimum absolute atomic E-state index is 0.0212. The van der Waals surface area contributed by atoms with Gasteiger partial charge in [-0.2, -0.15) is 5.10 Å². The number of aromatic nitrogens is 3. The second-order valence-electron chi connectivity index (χ2n) is 5.63. The van der Waals surface area contributed by atoms with Gasteiger partial charge in [0, 0.05) is 25.2 Å². The van der Waals surface area contributed by atoms with Crippen LogP contribution in [0.3, 0.4) is 0 Å². The van der Waals surface area contributed by atoms with Gasteiger partial charge in [0.25, 0.3) is 5.91 Å². The third kappa shape index (κ3) is 2.40. The summed E-state index contributed by atoms with van der Waals surface area (Å²) >= 11 is 0. The summed E-state index contributed by atoms with van der Waals surface area (Å²) in [6.45, 7) is 2.64. The van der Waals surface area contributed by atoms with E-state index in [0.29, 0.717) is 12.1 Å². The largest absolute Gasteiger partial charge is 0.394 e. The van der Waals surface area contributed by atoms with Crippen molar-refractivity contribution in [3.63, 3.8) is 0 Å². The average molecular weight is 288 g/mol. The maximum atomic E-state index is 12.7. The lowest BCUT2D eigenvalue weighted by molar-refractivity contribution is 0.0503. The van der Waals surface area contributed by atoms with Crippen LogP contribution in [0.25, 0.3) is 11.0 Å². The van der Waals surface area contributed by atoms with E-state index in [0.717, 1.165) is 36.0 Å². The number of rotatable bonds is 2. The maximum Gasteiger partial charge on any atom is 0.255 e. The fourth-order valence-electron chi connectivity index (χ4n) is 3.05. The molecule has 0 spiro atoms. The molecule has 1 atom stereocenters. The summed E-state index contributed by atoms with van der Waals surface area (Å²) < 4.78 is 1.72. The SMILES string of the molecule is Cc1nn(C)c2ncc(C(=O)N3CCCCC3CO)cc12. The van der Waals surface area contributed by atoms with Crippen LogP contribution < -0.4 is 0 Å². The van der Waals surface area contributed by atoms with Crippen molar-refractivity contribution in [2.24, 2.45) is 7.05 Å². The molecule has 6 nitrogen and oxygen atoms in total. The summed E-state index contributed by atoms with van der Waals surface area (Å²) in [4.78, 5) is 18.8. The Labute approximate surface area is 123 Å². The van der Waals surface area contributed by atoms with Crippen LogP contribution in [-0.2, 0) is 7.05 Å². The van der Waals surface area contributed by atoms with Gasteiger partial charge in [0.05, 0.1) is 23.9 Å². The molecule has 112 valence electrons. The molecule has 1 fully saturated rings. The topological polar surface area (TPSA) is 71.2 Å². The van der Waals surface area contributed by atoms with Crippen LogP contribution in [0.15, 0.2) is 12.3 Å². The highest BCUT2D eigenvalue weighted by Crippen LogP contribution is 2.22. The Morgan fingerprint density at radius 3 is 3.05 bits per heavy atom. The van der Waals surface area contributed by atoms with Gasteiger partial charge in [0.15, 0.2) is 5.65 Å². The zero-order valence-corrected chi connectivity index (χ0v) is 12.4. The van der Waals surface area contributed by atoms with E-state index in [1.165, 1.54) is 0 Å². The summed E-state index contributed by atoms with van der Waals surface area (Å²) in [5.41, 5.74) is 2.22. The highest BCUT2D eigenvalue weighted by Gasteiger charge is 2.27. The van der Waals surface area contributed by atoms with Crippen molar-refractivity contribution in [1.82, 2.24) is 19.7 Å². The quantitative estimate of drug-likeness (QED) is 0.903. The molecule has 1 amide bonds. The van der Waals surface area contributed by atoms with Gasteiger partial charge in [0.2, 0.25) is 0 Å². The van der Waals surface area contributed by atoms with Crippen LogP contribution >= 0.6 is 0 Å². The van der Waals surface area contributed by atoms with Crippen molar-refractivity contribution < 1.29 is 9.90 Å². The highest BCUT2D eigenvalue weighted by molar-refractivity contribution is 5.97. The van der Waals surface area contributed by atoms with Gasteiger partial charge in [-0.3, -0.25) is 9.48 Å². The number of piperidine rings is 1. The third-order valence-corrected chi connectivity index (χ3v) is 4.21. The smallest absolute Gasteiger partial charge is 0.255 e. The van der Waals surface area contributed by atoms with Gasteiger partial charge in [-0.25, -0.2) is 4.98 Å². The molecule has 0 saturated carbocycles. The van der Waals surface area contributed by atoms with Gasteiger partial charge < -0.3 is 10.0 Å². The average Bonchev–Trinajstić information content (AvgIpc) is 2.81. The molecule has 0 aliphatic carbocycles. The molecule has 1 aliphatic rings. The standard InChI is InChI=1S/C15H20N4O2/c1-10-13-7-11(8-16-14(13)18(2)17-10)15(21)19-6-4-3-5-12(19)9-20/h7-8,12,20H,3-6,9H2,1-2H3. The summed E-state index contributed by atoms with van der Waals surface area (Å²) in [6.07, 6.45) is 4.52. The molecule has 21 heavy (non-hydrogen) atoms. The Morgan fingerprint density at radius 2 is 2.29 bits per heavy atom. The molecule has 0 radical (unpaired) electrons. The molecule has 3 rings (SSSR count). The van der Waals surface area contributed by atoms with Crippen LogP contribution in [0.2, 0.25) is 0 Å². The number of nitrogens with zero attached hydrogens (tertiary/aromatic N) is 4. The monoisotopic (exact) mass is 288 g/mol. The Kier molecular flexibility index (Phi) is 3.63. The lowest BCUT2D eigenvalue weighted by atomic mass is 10.0.